The predicted molar refractivity (Wildman–Crippen MR) is 123 cm³/mol. The summed E-state index contributed by atoms with van der Waals surface area (Å²) in [6, 6.07) is 6.87. The van der Waals surface area contributed by atoms with E-state index < -0.39 is 10.0 Å². The van der Waals surface area contributed by atoms with Gasteiger partial charge in [-0.25, -0.2) is 17.7 Å². The third-order valence-corrected chi connectivity index (χ3v) is 6.06. The lowest BCUT2D eigenvalue weighted by Crippen LogP contribution is -2.37. The molecule has 2 N–H and O–H groups in total. The minimum absolute atomic E-state index is 0. The molecule has 0 aliphatic heterocycles. The average Bonchev–Trinajstić information content (AvgIpc) is 2.59. The minimum Gasteiger partial charge on any atom is -0.357 e. The number of halogens is 1. The SMILES string of the molecule is CCNC(=NCc1ccc(S(=O)(=O)N(C)C)cc1)NCCCCSC.I. The molecule has 6 nitrogen and oxygen atoms in total. The molecular weight excluding hydrogens is 483 g/mol. The standard InChI is InChI=1S/C17H30N4O2S2.HI/c1-5-18-17(19-12-6-7-13-24-4)20-14-15-8-10-16(11-9-15)25(22,23)21(2)3;/h8-11H,5-7,12-14H2,1-4H3,(H2,18,19,20);1H. The van der Waals surface area contributed by atoms with Crippen LogP contribution in [0.2, 0.25) is 0 Å². The molecule has 0 fully saturated rings. The zero-order valence-electron chi connectivity index (χ0n) is 16.0. The van der Waals surface area contributed by atoms with E-state index in [1.165, 1.54) is 30.6 Å². The molecule has 0 radical (unpaired) electrons. The second-order valence-corrected chi connectivity index (χ2v) is 8.89. The van der Waals surface area contributed by atoms with E-state index in [9.17, 15) is 8.42 Å². The van der Waals surface area contributed by atoms with E-state index in [1.807, 2.05) is 30.8 Å². The van der Waals surface area contributed by atoms with Gasteiger partial charge in [-0.1, -0.05) is 12.1 Å². The Morgan fingerprint density at radius 1 is 1.15 bits per heavy atom. The molecule has 0 aromatic heterocycles. The first kappa shape index (κ1) is 25.5. The Morgan fingerprint density at radius 3 is 2.35 bits per heavy atom. The highest BCUT2D eigenvalue weighted by atomic mass is 127. The van der Waals surface area contributed by atoms with Gasteiger partial charge < -0.3 is 10.6 Å². The molecule has 1 rings (SSSR count). The van der Waals surface area contributed by atoms with Crippen molar-refractivity contribution in [3.05, 3.63) is 29.8 Å². The summed E-state index contributed by atoms with van der Waals surface area (Å²) >= 11 is 1.86. The minimum atomic E-state index is -3.38. The van der Waals surface area contributed by atoms with E-state index in [1.54, 1.807) is 12.1 Å². The number of aliphatic imine (C=N–C) groups is 1. The van der Waals surface area contributed by atoms with Crippen molar-refractivity contribution in [2.75, 3.05) is 39.2 Å². The first-order chi connectivity index (χ1) is 11.9. The molecule has 0 aliphatic carbocycles. The predicted octanol–water partition coefficient (Wildman–Crippen LogP) is 2.75. The molecule has 150 valence electrons. The normalized spacial score (nSPS) is 12.0. The van der Waals surface area contributed by atoms with Crippen molar-refractivity contribution in [3.8, 4) is 0 Å². The van der Waals surface area contributed by atoms with E-state index in [0.29, 0.717) is 11.4 Å². The molecule has 0 heterocycles. The van der Waals surface area contributed by atoms with Crippen LogP contribution in [0.3, 0.4) is 0 Å². The van der Waals surface area contributed by atoms with Crippen molar-refractivity contribution in [2.45, 2.75) is 31.2 Å². The lowest BCUT2D eigenvalue weighted by molar-refractivity contribution is 0.520. The quantitative estimate of drug-likeness (QED) is 0.218. The van der Waals surface area contributed by atoms with E-state index in [0.717, 1.165) is 31.0 Å². The van der Waals surface area contributed by atoms with Crippen LogP contribution in [0.25, 0.3) is 0 Å². The molecule has 0 aliphatic rings. The summed E-state index contributed by atoms with van der Waals surface area (Å²) in [5, 5.41) is 6.55. The van der Waals surface area contributed by atoms with E-state index in [4.69, 9.17) is 0 Å². The number of nitrogens with zero attached hydrogens (tertiary/aromatic N) is 2. The van der Waals surface area contributed by atoms with E-state index >= 15 is 0 Å². The van der Waals surface area contributed by atoms with Gasteiger partial charge >= 0.3 is 0 Å². The number of rotatable bonds is 10. The maximum atomic E-state index is 12.1. The van der Waals surface area contributed by atoms with Gasteiger partial charge in [-0.05, 0) is 49.5 Å². The lowest BCUT2D eigenvalue weighted by Gasteiger charge is -2.12. The number of thioether (sulfide) groups is 1. The highest BCUT2D eigenvalue weighted by Gasteiger charge is 2.16. The third kappa shape index (κ3) is 8.92. The molecule has 0 bridgehead atoms. The monoisotopic (exact) mass is 514 g/mol. The summed E-state index contributed by atoms with van der Waals surface area (Å²) in [6.45, 7) is 4.23. The fourth-order valence-corrected chi connectivity index (χ4v) is 3.46. The summed E-state index contributed by atoms with van der Waals surface area (Å²) in [7, 11) is -0.324. The van der Waals surface area contributed by atoms with Gasteiger partial charge in [0.25, 0.3) is 0 Å². The summed E-state index contributed by atoms with van der Waals surface area (Å²) in [4.78, 5) is 4.85. The summed E-state index contributed by atoms with van der Waals surface area (Å²) in [5.74, 6) is 1.97. The van der Waals surface area contributed by atoms with Crippen LogP contribution < -0.4 is 10.6 Å². The van der Waals surface area contributed by atoms with Crippen LogP contribution in [0.1, 0.15) is 25.3 Å². The van der Waals surface area contributed by atoms with Crippen LogP contribution in [-0.2, 0) is 16.6 Å². The van der Waals surface area contributed by atoms with Crippen LogP contribution in [0.5, 0.6) is 0 Å². The molecule has 0 saturated heterocycles. The van der Waals surface area contributed by atoms with E-state index in [-0.39, 0.29) is 24.0 Å². The molecule has 1 aromatic rings. The van der Waals surface area contributed by atoms with Crippen molar-refractivity contribution in [1.29, 1.82) is 0 Å². The molecule has 0 saturated carbocycles. The van der Waals surface area contributed by atoms with Crippen molar-refractivity contribution in [2.24, 2.45) is 4.99 Å². The zero-order chi connectivity index (χ0) is 18.7. The van der Waals surface area contributed by atoms with Gasteiger partial charge in [0.1, 0.15) is 0 Å². The van der Waals surface area contributed by atoms with Crippen LogP contribution in [0.4, 0.5) is 0 Å². The van der Waals surface area contributed by atoms with Gasteiger partial charge in [0.05, 0.1) is 11.4 Å². The topological polar surface area (TPSA) is 73.8 Å². The smallest absolute Gasteiger partial charge is 0.242 e. The second kappa shape index (κ2) is 13.6. The molecule has 9 heteroatoms. The third-order valence-electron chi connectivity index (χ3n) is 3.53. The highest BCUT2D eigenvalue weighted by Crippen LogP contribution is 2.14. The largest absolute Gasteiger partial charge is 0.357 e. The zero-order valence-corrected chi connectivity index (χ0v) is 20.0. The number of unbranched alkanes of at least 4 members (excludes halogenated alkanes) is 1. The van der Waals surface area contributed by atoms with Crippen molar-refractivity contribution in [1.82, 2.24) is 14.9 Å². The Kier molecular flexibility index (Phi) is 13.3. The number of nitrogens with one attached hydrogen (secondary N) is 2. The fraction of sp³-hybridized carbons (Fsp3) is 0.588. The van der Waals surface area contributed by atoms with Crippen LogP contribution in [-0.4, -0.2) is 57.9 Å². The number of hydrogen-bond acceptors (Lipinski definition) is 4. The van der Waals surface area contributed by atoms with Gasteiger partial charge in [0.15, 0.2) is 5.96 Å². The Morgan fingerprint density at radius 2 is 1.81 bits per heavy atom. The summed E-state index contributed by atoms with van der Waals surface area (Å²) in [5.41, 5.74) is 0.970. The van der Waals surface area contributed by atoms with Gasteiger partial charge in [-0.3, -0.25) is 0 Å². The number of guanidine groups is 1. The van der Waals surface area contributed by atoms with Gasteiger partial charge in [-0.15, -0.1) is 24.0 Å². The summed E-state index contributed by atoms with van der Waals surface area (Å²) < 4.78 is 25.3. The Bertz CT molecular complexity index is 635. The van der Waals surface area contributed by atoms with Crippen molar-refractivity contribution >= 4 is 51.7 Å². The number of hydrogen-bond donors (Lipinski definition) is 2. The van der Waals surface area contributed by atoms with Crippen molar-refractivity contribution < 1.29 is 8.42 Å². The molecule has 1 aromatic carbocycles. The molecular formula is C17H31IN4O2S2. The lowest BCUT2D eigenvalue weighted by atomic mass is 10.2. The summed E-state index contributed by atoms with van der Waals surface area (Å²) in [6.07, 6.45) is 4.42. The second-order valence-electron chi connectivity index (χ2n) is 5.75. The van der Waals surface area contributed by atoms with Crippen molar-refractivity contribution in [3.63, 3.8) is 0 Å². The molecule has 0 unspecified atom stereocenters. The Labute approximate surface area is 179 Å². The maximum absolute atomic E-state index is 12.1. The first-order valence-electron chi connectivity index (χ1n) is 8.44. The average molecular weight is 514 g/mol. The fourth-order valence-electron chi connectivity index (χ4n) is 2.07. The highest BCUT2D eigenvalue weighted by molar-refractivity contribution is 14.0. The maximum Gasteiger partial charge on any atom is 0.242 e. The van der Waals surface area contributed by atoms with Gasteiger partial charge in [-0.2, -0.15) is 11.8 Å². The molecule has 0 spiro atoms. The van der Waals surface area contributed by atoms with E-state index in [2.05, 4.69) is 21.9 Å². The van der Waals surface area contributed by atoms with Crippen LogP contribution in [0, 0.1) is 0 Å². The Balaban J connectivity index is 0.00000625. The number of benzene rings is 1. The van der Waals surface area contributed by atoms with Crippen LogP contribution >= 0.6 is 35.7 Å². The first-order valence-corrected chi connectivity index (χ1v) is 11.3. The van der Waals surface area contributed by atoms with Gasteiger partial charge in [0.2, 0.25) is 10.0 Å². The molecule has 0 atom stereocenters. The molecule has 26 heavy (non-hydrogen) atoms. The number of sulfonamides is 1. The molecule has 0 amide bonds. The van der Waals surface area contributed by atoms with Crippen LogP contribution in [0.15, 0.2) is 34.2 Å². The van der Waals surface area contributed by atoms with Gasteiger partial charge in [0, 0.05) is 27.2 Å². The Hall–Kier alpha value is -0.520.